The summed E-state index contributed by atoms with van der Waals surface area (Å²) in [6, 6.07) is 8.27. The van der Waals surface area contributed by atoms with Crippen LogP contribution in [0.15, 0.2) is 55.4 Å². The number of halogens is 1. The summed E-state index contributed by atoms with van der Waals surface area (Å²) in [5.74, 6) is -0.261. The molecule has 1 amide bonds. The van der Waals surface area contributed by atoms with Crippen molar-refractivity contribution in [1.29, 1.82) is 0 Å². The van der Waals surface area contributed by atoms with Crippen LogP contribution >= 0.6 is 0 Å². The highest BCUT2D eigenvalue weighted by atomic mass is 19.1. The molecule has 3 rings (SSSR count). The number of anilines is 2. The Morgan fingerprint density at radius 2 is 1.92 bits per heavy atom. The molecular weight excluding hydrogens is 319 g/mol. The van der Waals surface area contributed by atoms with Gasteiger partial charge in [-0.05, 0) is 30.3 Å². The maximum Gasteiger partial charge on any atom is 0.255 e. The normalized spacial score (nSPS) is 14.3. The third-order valence-electron chi connectivity index (χ3n) is 4.19. The fraction of sp³-hybridized carbons (Fsp3) is 0.263. The van der Waals surface area contributed by atoms with Crippen LogP contribution in [0.5, 0.6) is 0 Å². The fourth-order valence-corrected chi connectivity index (χ4v) is 2.85. The summed E-state index contributed by atoms with van der Waals surface area (Å²) in [5, 5.41) is 3.14. The fourth-order valence-electron chi connectivity index (χ4n) is 2.85. The van der Waals surface area contributed by atoms with Gasteiger partial charge in [0.15, 0.2) is 0 Å². The molecule has 2 aromatic rings. The number of rotatable bonds is 5. The molecular formula is C19H21FN4O. The topological polar surface area (TPSA) is 48.5 Å². The summed E-state index contributed by atoms with van der Waals surface area (Å²) >= 11 is 0. The lowest BCUT2D eigenvalue weighted by Crippen LogP contribution is -2.48. The highest BCUT2D eigenvalue weighted by molar-refractivity contribution is 5.95. The second-order valence-electron chi connectivity index (χ2n) is 5.89. The number of amides is 1. The Labute approximate surface area is 146 Å². The van der Waals surface area contributed by atoms with Gasteiger partial charge in [0.2, 0.25) is 0 Å². The van der Waals surface area contributed by atoms with E-state index in [4.69, 9.17) is 0 Å². The Morgan fingerprint density at radius 3 is 2.60 bits per heavy atom. The molecule has 1 N–H and O–H groups in total. The maximum absolute atomic E-state index is 13.0. The molecule has 25 heavy (non-hydrogen) atoms. The van der Waals surface area contributed by atoms with E-state index in [9.17, 15) is 9.18 Å². The number of hydrogen-bond donors (Lipinski definition) is 1. The largest absolute Gasteiger partial charge is 0.380 e. The number of piperazine rings is 1. The highest BCUT2D eigenvalue weighted by Crippen LogP contribution is 2.18. The lowest BCUT2D eigenvalue weighted by atomic mass is 10.2. The average Bonchev–Trinajstić information content (AvgIpc) is 2.67. The molecule has 1 aliphatic heterocycles. The van der Waals surface area contributed by atoms with Crippen molar-refractivity contribution in [2.45, 2.75) is 0 Å². The number of hydrogen-bond acceptors (Lipinski definition) is 4. The lowest BCUT2D eigenvalue weighted by Gasteiger charge is -2.36. The SMILES string of the molecule is C=CCNc1cncc(C(=O)N2CCN(c3ccc(F)cc3)CC2)c1. The minimum Gasteiger partial charge on any atom is -0.380 e. The van der Waals surface area contributed by atoms with Crippen LogP contribution in [0.25, 0.3) is 0 Å². The van der Waals surface area contributed by atoms with Crippen LogP contribution in [0.4, 0.5) is 15.8 Å². The van der Waals surface area contributed by atoms with Gasteiger partial charge in [-0.2, -0.15) is 0 Å². The van der Waals surface area contributed by atoms with Gasteiger partial charge in [-0.15, -0.1) is 6.58 Å². The van der Waals surface area contributed by atoms with Crippen molar-refractivity contribution in [2.24, 2.45) is 0 Å². The summed E-state index contributed by atoms with van der Waals surface area (Å²) in [4.78, 5) is 20.8. The molecule has 0 atom stereocenters. The van der Waals surface area contributed by atoms with Crippen LogP contribution in [0.1, 0.15) is 10.4 Å². The molecule has 6 heteroatoms. The van der Waals surface area contributed by atoms with Crippen molar-refractivity contribution in [3.63, 3.8) is 0 Å². The predicted molar refractivity (Wildman–Crippen MR) is 97.4 cm³/mol. The lowest BCUT2D eigenvalue weighted by molar-refractivity contribution is 0.0746. The number of carbonyl (C=O) groups excluding carboxylic acids is 1. The van der Waals surface area contributed by atoms with E-state index in [1.54, 1.807) is 30.6 Å². The number of benzene rings is 1. The molecule has 2 heterocycles. The molecule has 0 saturated carbocycles. The van der Waals surface area contributed by atoms with Crippen LogP contribution in [-0.4, -0.2) is 48.5 Å². The zero-order chi connectivity index (χ0) is 17.6. The summed E-state index contributed by atoms with van der Waals surface area (Å²) in [6.07, 6.45) is 5.03. The van der Waals surface area contributed by atoms with E-state index in [1.807, 2.05) is 11.0 Å². The van der Waals surface area contributed by atoms with Gasteiger partial charge in [0.25, 0.3) is 5.91 Å². The Bertz CT molecular complexity index is 739. The first kappa shape index (κ1) is 17.0. The molecule has 0 aliphatic carbocycles. The molecule has 0 radical (unpaired) electrons. The van der Waals surface area contributed by atoms with E-state index < -0.39 is 0 Å². The number of nitrogens with zero attached hydrogens (tertiary/aromatic N) is 3. The third kappa shape index (κ3) is 4.15. The van der Waals surface area contributed by atoms with Crippen molar-refractivity contribution in [3.8, 4) is 0 Å². The van der Waals surface area contributed by atoms with Gasteiger partial charge in [0.05, 0.1) is 11.3 Å². The quantitative estimate of drug-likeness (QED) is 0.851. The molecule has 1 aliphatic rings. The minimum atomic E-state index is -0.241. The summed E-state index contributed by atoms with van der Waals surface area (Å²) in [5.41, 5.74) is 2.35. The Balaban J connectivity index is 1.61. The third-order valence-corrected chi connectivity index (χ3v) is 4.19. The first-order chi connectivity index (χ1) is 12.2. The van der Waals surface area contributed by atoms with E-state index >= 15 is 0 Å². The second kappa shape index (κ2) is 7.79. The molecule has 0 spiro atoms. The van der Waals surface area contributed by atoms with E-state index in [2.05, 4.69) is 21.8 Å². The maximum atomic E-state index is 13.0. The molecule has 130 valence electrons. The second-order valence-corrected chi connectivity index (χ2v) is 5.89. The Kier molecular flexibility index (Phi) is 5.28. The van der Waals surface area contributed by atoms with E-state index in [1.165, 1.54) is 12.1 Å². The molecule has 1 fully saturated rings. The van der Waals surface area contributed by atoms with Gasteiger partial charge >= 0.3 is 0 Å². The van der Waals surface area contributed by atoms with Crippen LogP contribution in [0.2, 0.25) is 0 Å². The standard InChI is InChI=1S/C19H21FN4O/c1-2-7-22-17-12-15(13-21-14-17)19(25)24-10-8-23(9-11-24)18-5-3-16(20)4-6-18/h2-6,12-14,22H,1,7-11H2. The van der Waals surface area contributed by atoms with Crippen molar-refractivity contribution < 1.29 is 9.18 Å². The first-order valence-corrected chi connectivity index (χ1v) is 8.27. The summed E-state index contributed by atoms with van der Waals surface area (Å²) in [7, 11) is 0. The Morgan fingerprint density at radius 1 is 1.20 bits per heavy atom. The smallest absolute Gasteiger partial charge is 0.255 e. The minimum absolute atomic E-state index is 0.0199. The molecule has 1 aromatic carbocycles. The summed E-state index contributed by atoms with van der Waals surface area (Å²) < 4.78 is 13.0. The van der Waals surface area contributed by atoms with Gasteiger partial charge in [0.1, 0.15) is 5.82 Å². The number of nitrogens with one attached hydrogen (secondary N) is 1. The number of pyridine rings is 1. The molecule has 5 nitrogen and oxygen atoms in total. The molecule has 0 bridgehead atoms. The molecule has 0 unspecified atom stereocenters. The zero-order valence-corrected chi connectivity index (χ0v) is 14.0. The van der Waals surface area contributed by atoms with Crippen molar-refractivity contribution in [3.05, 3.63) is 66.8 Å². The van der Waals surface area contributed by atoms with Crippen LogP contribution < -0.4 is 10.2 Å². The highest BCUT2D eigenvalue weighted by Gasteiger charge is 2.22. The Hall–Kier alpha value is -2.89. The van der Waals surface area contributed by atoms with Gasteiger partial charge in [0, 0.05) is 50.8 Å². The average molecular weight is 340 g/mol. The number of carbonyl (C=O) groups is 1. The zero-order valence-electron chi connectivity index (χ0n) is 14.0. The van der Waals surface area contributed by atoms with E-state index in [-0.39, 0.29) is 11.7 Å². The van der Waals surface area contributed by atoms with E-state index in [0.717, 1.165) is 24.5 Å². The monoisotopic (exact) mass is 340 g/mol. The van der Waals surface area contributed by atoms with Gasteiger partial charge in [-0.3, -0.25) is 9.78 Å². The van der Waals surface area contributed by atoms with Crippen molar-refractivity contribution in [1.82, 2.24) is 9.88 Å². The van der Waals surface area contributed by atoms with Crippen LogP contribution in [-0.2, 0) is 0 Å². The summed E-state index contributed by atoms with van der Waals surface area (Å²) in [6.45, 7) is 6.97. The van der Waals surface area contributed by atoms with Gasteiger partial charge in [-0.25, -0.2) is 4.39 Å². The van der Waals surface area contributed by atoms with Crippen molar-refractivity contribution >= 4 is 17.3 Å². The van der Waals surface area contributed by atoms with Gasteiger partial charge < -0.3 is 15.1 Å². The van der Waals surface area contributed by atoms with E-state index in [0.29, 0.717) is 25.2 Å². The predicted octanol–water partition coefficient (Wildman–Crippen LogP) is 2.78. The van der Waals surface area contributed by atoms with Crippen LogP contribution in [0, 0.1) is 5.82 Å². The number of aromatic nitrogens is 1. The van der Waals surface area contributed by atoms with Gasteiger partial charge in [-0.1, -0.05) is 6.08 Å². The molecule has 1 aromatic heterocycles. The molecule has 1 saturated heterocycles. The van der Waals surface area contributed by atoms with Crippen LogP contribution in [0.3, 0.4) is 0 Å². The van der Waals surface area contributed by atoms with Crippen molar-refractivity contribution in [2.75, 3.05) is 42.9 Å². The first-order valence-electron chi connectivity index (χ1n) is 8.27.